The van der Waals surface area contributed by atoms with Gasteiger partial charge >= 0.3 is 0 Å². The summed E-state index contributed by atoms with van der Waals surface area (Å²) < 4.78 is 5.70. The maximum atomic E-state index is 5.82. The highest BCUT2D eigenvalue weighted by molar-refractivity contribution is 6.17. The Morgan fingerprint density at radius 3 is 2.75 bits per heavy atom. The minimum absolute atomic E-state index is 0.112. The lowest BCUT2D eigenvalue weighted by molar-refractivity contribution is 0.235. The number of pyridine rings is 1. The fourth-order valence-electron chi connectivity index (χ4n) is 1.60. The largest absolute Gasteiger partial charge is 0.474 e. The molecule has 0 spiro atoms. The van der Waals surface area contributed by atoms with Crippen molar-refractivity contribution in [1.82, 2.24) is 4.98 Å². The van der Waals surface area contributed by atoms with Crippen LogP contribution in [0.2, 0.25) is 0 Å². The van der Waals surface area contributed by atoms with Gasteiger partial charge in [0.15, 0.2) is 0 Å². The molecular weight excluding hydrogens is 222 g/mol. The van der Waals surface area contributed by atoms with Crippen LogP contribution in [-0.2, 0) is 5.88 Å². The second kappa shape index (κ2) is 4.71. The number of benzene rings is 1. The van der Waals surface area contributed by atoms with Crippen molar-refractivity contribution in [2.24, 2.45) is 0 Å². The molecule has 0 saturated carbocycles. The Morgan fingerprint density at radius 1 is 1.31 bits per heavy atom. The van der Waals surface area contributed by atoms with E-state index < -0.39 is 0 Å². The smallest absolute Gasteiger partial charge is 0.221 e. The molecule has 2 nitrogen and oxygen atoms in total. The quantitative estimate of drug-likeness (QED) is 0.756. The molecule has 0 aliphatic carbocycles. The Hall–Kier alpha value is -1.28. The molecule has 0 amide bonds. The van der Waals surface area contributed by atoms with Crippen LogP contribution in [0.1, 0.15) is 19.5 Å². The molecule has 0 aliphatic heterocycles. The van der Waals surface area contributed by atoms with Gasteiger partial charge in [0.05, 0.1) is 17.7 Å². The molecule has 84 valence electrons. The summed E-state index contributed by atoms with van der Waals surface area (Å²) in [4.78, 5) is 4.41. The first kappa shape index (κ1) is 11.2. The van der Waals surface area contributed by atoms with Crippen LogP contribution in [0, 0.1) is 0 Å². The van der Waals surface area contributed by atoms with Gasteiger partial charge in [-0.05, 0) is 31.4 Å². The summed E-state index contributed by atoms with van der Waals surface area (Å²) in [6, 6.07) is 10.0. The van der Waals surface area contributed by atoms with E-state index in [-0.39, 0.29) is 6.10 Å². The molecule has 16 heavy (non-hydrogen) atoms. The molecule has 0 saturated heterocycles. The normalized spacial score (nSPS) is 11.0. The molecule has 0 N–H and O–H groups in total. The predicted molar refractivity (Wildman–Crippen MR) is 67.1 cm³/mol. The Morgan fingerprint density at radius 2 is 2.06 bits per heavy atom. The molecular formula is C13H14ClNO. The van der Waals surface area contributed by atoms with Gasteiger partial charge in [0.2, 0.25) is 5.88 Å². The summed E-state index contributed by atoms with van der Waals surface area (Å²) in [5.41, 5.74) is 0.844. The van der Waals surface area contributed by atoms with E-state index in [4.69, 9.17) is 16.3 Å². The van der Waals surface area contributed by atoms with Crippen LogP contribution < -0.4 is 4.74 Å². The summed E-state index contributed by atoms with van der Waals surface area (Å²) in [6.45, 7) is 3.98. The molecule has 0 radical (unpaired) electrons. The highest BCUT2D eigenvalue weighted by atomic mass is 35.5. The van der Waals surface area contributed by atoms with Crippen LogP contribution in [-0.4, -0.2) is 11.1 Å². The minimum Gasteiger partial charge on any atom is -0.474 e. The number of hydrogen-bond acceptors (Lipinski definition) is 2. The van der Waals surface area contributed by atoms with E-state index in [1.807, 2.05) is 44.2 Å². The van der Waals surface area contributed by atoms with E-state index in [0.717, 1.165) is 16.5 Å². The van der Waals surface area contributed by atoms with Gasteiger partial charge in [0, 0.05) is 5.39 Å². The lowest BCUT2D eigenvalue weighted by Gasteiger charge is -2.12. The molecule has 2 rings (SSSR count). The third-order valence-corrected chi connectivity index (χ3v) is 2.52. The maximum absolute atomic E-state index is 5.82. The average molecular weight is 236 g/mol. The van der Waals surface area contributed by atoms with E-state index in [0.29, 0.717) is 11.8 Å². The topological polar surface area (TPSA) is 22.1 Å². The summed E-state index contributed by atoms with van der Waals surface area (Å²) in [6.07, 6.45) is 0.112. The SMILES string of the molecule is CC(C)Oc1nc(CCl)cc2ccccc12. The molecule has 0 atom stereocenters. The second-order valence-corrected chi connectivity index (χ2v) is 4.21. The molecule has 3 heteroatoms. The van der Waals surface area contributed by atoms with Crippen molar-refractivity contribution in [3.63, 3.8) is 0 Å². The number of fused-ring (bicyclic) bond motifs is 1. The highest BCUT2D eigenvalue weighted by Gasteiger charge is 2.07. The molecule has 1 heterocycles. The number of nitrogens with zero attached hydrogens (tertiary/aromatic N) is 1. The van der Waals surface area contributed by atoms with Gasteiger partial charge in [-0.1, -0.05) is 18.2 Å². The first-order valence-corrected chi connectivity index (χ1v) is 5.85. The number of hydrogen-bond donors (Lipinski definition) is 0. The number of rotatable bonds is 3. The first-order valence-electron chi connectivity index (χ1n) is 5.32. The minimum atomic E-state index is 0.112. The van der Waals surface area contributed by atoms with E-state index >= 15 is 0 Å². The summed E-state index contributed by atoms with van der Waals surface area (Å²) in [5, 5.41) is 2.15. The third kappa shape index (κ3) is 2.27. The molecule has 0 bridgehead atoms. The van der Waals surface area contributed by atoms with Crippen molar-refractivity contribution in [3.8, 4) is 5.88 Å². The molecule has 0 aliphatic rings. The van der Waals surface area contributed by atoms with Gasteiger partial charge in [0.25, 0.3) is 0 Å². The van der Waals surface area contributed by atoms with Crippen LogP contribution >= 0.6 is 11.6 Å². The Kier molecular flexibility index (Phi) is 3.30. The standard InChI is InChI=1S/C13H14ClNO/c1-9(2)16-13-12-6-4-3-5-10(12)7-11(8-14)15-13/h3-7,9H,8H2,1-2H3. The Balaban J connectivity index is 2.59. The van der Waals surface area contributed by atoms with Crippen molar-refractivity contribution in [1.29, 1.82) is 0 Å². The molecule has 2 aromatic rings. The van der Waals surface area contributed by atoms with E-state index in [2.05, 4.69) is 4.98 Å². The van der Waals surface area contributed by atoms with Crippen molar-refractivity contribution in [3.05, 3.63) is 36.0 Å². The summed E-state index contributed by atoms with van der Waals surface area (Å²) >= 11 is 5.82. The van der Waals surface area contributed by atoms with Crippen LogP contribution in [0.15, 0.2) is 30.3 Å². The van der Waals surface area contributed by atoms with Gasteiger partial charge in [0.1, 0.15) is 0 Å². The van der Waals surface area contributed by atoms with Gasteiger partial charge in [-0.3, -0.25) is 0 Å². The second-order valence-electron chi connectivity index (χ2n) is 3.94. The van der Waals surface area contributed by atoms with Crippen LogP contribution in [0.5, 0.6) is 5.88 Å². The number of alkyl halides is 1. The van der Waals surface area contributed by atoms with Gasteiger partial charge in [-0.15, -0.1) is 11.6 Å². The molecule has 0 unspecified atom stereocenters. The summed E-state index contributed by atoms with van der Waals surface area (Å²) in [7, 11) is 0. The molecule has 1 aromatic heterocycles. The predicted octanol–water partition coefficient (Wildman–Crippen LogP) is 3.76. The fourth-order valence-corrected chi connectivity index (χ4v) is 1.74. The monoisotopic (exact) mass is 235 g/mol. The van der Waals surface area contributed by atoms with Crippen LogP contribution in [0.25, 0.3) is 10.8 Å². The maximum Gasteiger partial charge on any atom is 0.221 e. The zero-order chi connectivity index (χ0) is 11.5. The zero-order valence-electron chi connectivity index (χ0n) is 9.40. The lowest BCUT2D eigenvalue weighted by Crippen LogP contribution is -2.08. The lowest BCUT2D eigenvalue weighted by atomic mass is 10.1. The van der Waals surface area contributed by atoms with Crippen molar-refractivity contribution < 1.29 is 4.74 Å². The highest BCUT2D eigenvalue weighted by Crippen LogP contribution is 2.25. The van der Waals surface area contributed by atoms with E-state index in [9.17, 15) is 0 Å². The Labute approximate surface area is 100 Å². The Bertz CT molecular complexity index is 496. The zero-order valence-corrected chi connectivity index (χ0v) is 10.2. The van der Waals surface area contributed by atoms with Gasteiger partial charge in [-0.2, -0.15) is 0 Å². The van der Waals surface area contributed by atoms with Crippen molar-refractivity contribution >= 4 is 22.4 Å². The van der Waals surface area contributed by atoms with Gasteiger partial charge < -0.3 is 4.74 Å². The van der Waals surface area contributed by atoms with Crippen LogP contribution in [0.4, 0.5) is 0 Å². The third-order valence-electron chi connectivity index (χ3n) is 2.24. The first-order chi connectivity index (χ1) is 7.70. The number of halogens is 1. The fraction of sp³-hybridized carbons (Fsp3) is 0.308. The average Bonchev–Trinajstić information content (AvgIpc) is 2.28. The van der Waals surface area contributed by atoms with E-state index in [1.54, 1.807) is 0 Å². The van der Waals surface area contributed by atoms with Crippen LogP contribution in [0.3, 0.4) is 0 Å². The summed E-state index contributed by atoms with van der Waals surface area (Å²) in [5.74, 6) is 1.07. The number of ether oxygens (including phenoxy) is 1. The van der Waals surface area contributed by atoms with Gasteiger partial charge in [-0.25, -0.2) is 4.98 Å². The molecule has 1 aromatic carbocycles. The molecule has 0 fully saturated rings. The van der Waals surface area contributed by atoms with E-state index in [1.165, 1.54) is 0 Å². The van der Waals surface area contributed by atoms with Crippen molar-refractivity contribution in [2.45, 2.75) is 25.8 Å². The van der Waals surface area contributed by atoms with Crippen molar-refractivity contribution in [2.75, 3.05) is 0 Å². The number of aromatic nitrogens is 1.